The minimum atomic E-state index is 0.666. The van der Waals surface area contributed by atoms with Crippen LogP contribution in [0.3, 0.4) is 0 Å². The first-order chi connectivity index (χ1) is 8.24. The minimum absolute atomic E-state index is 0.666. The number of nitrogens with one attached hydrogen (secondary N) is 1. The summed E-state index contributed by atoms with van der Waals surface area (Å²) in [4.78, 5) is 2.65. The Morgan fingerprint density at radius 1 is 1.18 bits per heavy atom. The molecule has 2 fully saturated rings. The maximum Gasteiger partial charge on any atom is 0.0429 e. The maximum atomic E-state index is 3.77. The smallest absolute Gasteiger partial charge is 0.0429 e. The fraction of sp³-hybridized carbons (Fsp3) is 0.600. The van der Waals surface area contributed by atoms with Crippen LogP contribution in [-0.4, -0.2) is 30.1 Å². The topological polar surface area (TPSA) is 15.3 Å². The van der Waals surface area contributed by atoms with Crippen LogP contribution in [0.15, 0.2) is 18.2 Å². The first-order valence-corrected chi connectivity index (χ1v) is 6.82. The normalized spacial score (nSPS) is 28.4. The molecule has 2 aliphatic heterocycles. The van der Waals surface area contributed by atoms with Gasteiger partial charge in [0.05, 0.1) is 0 Å². The quantitative estimate of drug-likeness (QED) is 0.840. The molecule has 2 atom stereocenters. The van der Waals surface area contributed by atoms with Crippen LogP contribution in [-0.2, 0) is 0 Å². The second-order valence-electron chi connectivity index (χ2n) is 5.60. The van der Waals surface area contributed by atoms with Crippen molar-refractivity contribution >= 4 is 5.69 Å². The molecule has 3 rings (SSSR count). The number of fused-ring (bicyclic) bond motifs is 1. The van der Waals surface area contributed by atoms with Gasteiger partial charge in [0.15, 0.2) is 0 Å². The summed E-state index contributed by atoms with van der Waals surface area (Å²) >= 11 is 0. The Morgan fingerprint density at radius 3 is 2.88 bits per heavy atom. The zero-order valence-electron chi connectivity index (χ0n) is 10.9. The molecule has 17 heavy (non-hydrogen) atoms. The van der Waals surface area contributed by atoms with Gasteiger partial charge in [-0.3, -0.25) is 4.90 Å². The van der Waals surface area contributed by atoms with Crippen molar-refractivity contribution in [2.75, 3.05) is 18.4 Å². The molecule has 0 spiro atoms. The monoisotopic (exact) mass is 230 g/mol. The molecule has 0 radical (unpaired) electrons. The Balaban J connectivity index is 1.74. The lowest BCUT2D eigenvalue weighted by Crippen LogP contribution is -2.33. The minimum Gasteiger partial charge on any atom is -0.380 e. The third-order valence-corrected chi connectivity index (χ3v) is 4.33. The summed E-state index contributed by atoms with van der Waals surface area (Å²) in [6, 6.07) is 8.16. The van der Waals surface area contributed by atoms with Gasteiger partial charge in [0.2, 0.25) is 0 Å². The van der Waals surface area contributed by atoms with Gasteiger partial charge in [-0.2, -0.15) is 0 Å². The highest BCUT2D eigenvalue weighted by molar-refractivity contribution is 5.53. The largest absolute Gasteiger partial charge is 0.380 e. The van der Waals surface area contributed by atoms with Gasteiger partial charge in [-0.15, -0.1) is 0 Å². The van der Waals surface area contributed by atoms with Crippen molar-refractivity contribution in [2.24, 2.45) is 0 Å². The molecule has 2 nitrogen and oxygen atoms in total. The molecule has 1 N–H and O–H groups in total. The van der Waals surface area contributed by atoms with Crippen molar-refractivity contribution in [2.45, 2.75) is 45.2 Å². The number of nitrogens with zero attached hydrogens (tertiary/aromatic N) is 1. The lowest BCUT2D eigenvalue weighted by Gasteiger charge is -2.23. The van der Waals surface area contributed by atoms with Crippen molar-refractivity contribution < 1.29 is 0 Å². The molecule has 2 saturated heterocycles. The van der Waals surface area contributed by atoms with E-state index in [0.29, 0.717) is 6.04 Å². The summed E-state index contributed by atoms with van der Waals surface area (Å²) in [6.45, 7) is 6.96. The Morgan fingerprint density at radius 2 is 2.06 bits per heavy atom. The van der Waals surface area contributed by atoms with Crippen LogP contribution in [0.25, 0.3) is 0 Å². The first kappa shape index (κ1) is 11.1. The predicted octanol–water partition coefficient (Wildman–Crippen LogP) is 2.95. The first-order valence-electron chi connectivity index (χ1n) is 6.82. The van der Waals surface area contributed by atoms with Crippen LogP contribution in [0, 0.1) is 13.8 Å². The Kier molecular flexibility index (Phi) is 2.83. The summed E-state index contributed by atoms with van der Waals surface area (Å²) in [5.74, 6) is 0. The van der Waals surface area contributed by atoms with E-state index in [1.165, 1.54) is 49.2 Å². The van der Waals surface area contributed by atoms with Crippen LogP contribution in [0.5, 0.6) is 0 Å². The summed E-state index contributed by atoms with van der Waals surface area (Å²) < 4.78 is 0. The molecule has 0 aromatic heterocycles. The van der Waals surface area contributed by atoms with E-state index in [2.05, 4.69) is 42.3 Å². The van der Waals surface area contributed by atoms with Gasteiger partial charge >= 0.3 is 0 Å². The third kappa shape index (κ3) is 2.06. The molecule has 0 aliphatic carbocycles. The summed E-state index contributed by atoms with van der Waals surface area (Å²) in [5, 5.41) is 3.77. The molecular weight excluding hydrogens is 208 g/mol. The van der Waals surface area contributed by atoms with Gasteiger partial charge in [0.25, 0.3) is 0 Å². The standard InChI is InChI=1S/C15H22N2/c1-11-5-6-13(12(2)10-11)16-14-7-9-17-8-3-4-15(14)17/h5-6,10,14-16H,3-4,7-9H2,1-2H3. The average Bonchev–Trinajstić information content (AvgIpc) is 2.86. The van der Waals surface area contributed by atoms with Gasteiger partial charge < -0.3 is 5.32 Å². The summed E-state index contributed by atoms with van der Waals surface area (Å²) in [6.07, 6.45) is 4.07. The Bertz CT molecular complexity index is 413. The molecule has 1 aromatic rings. The molecule has 0 saturated carbocycles. The van der Waals surface area contributed by atoms with Crippen LogP contribution in [0.4, 0.5) is 5.69 Å². The number of aryl methyl sites for hydroxylation is 2. The van der Waals surface area contributed by atoms with Crippen molar-refractivity contribution in [1.29, 1.82) is 0 Å². The van der Waals surface area contributed by atoms with E-state index in [0.717, 1.165) is 6.04 Å². The molecule has 2 heteroatoms. The molecule has 92 valence electrons. The maximum absolute atomic E-state index is 3.77. The van der Waals surface area contributed by atoms with Crippen LogP contribution in [0.2, 0.25) is 0 Å². The number of benzene rings is 1. The fourth-order valence-electron chi connectivity index (χ4n) is 3.43. The van der Waals surface area contributed by atoms with Crippen LogP contribution < -0.4 is 5.32 Å². The Hall–Kier alpha value is -1.02. The van der Waals surface area contributed by atoms with E-state index in [-0.39, 0.29) is 0 Å². The van der Waals surface area contributed by atoms with Crippen molar-refractivity contribution in [3.63, 3.8) is 0 Å². The van der Waals surface area contributed by atoms with Gasteiger partial charge in [-0.25, -0.2) is 0 Å². The van der Waals surface area contributed by atoms with E-state index >= 15 is 0 Å². The lowest BCUT2D eigenvalue weighted by atomic mass is 10.0. The second kappa shape index (κ2) is 4.34. The van der Waals surface area contributed by atoms with Gasteiger partial charge in [-0.1, -0.05) is 17.7 Å². The summed E-state index contributed by atoms with van der Waals surface area (Å²) in [5.41, 5.74) is 4.05. The highest BCUT2D eigenvalue weighted by Gasteiger charge is 2.36. The molecular formula is C15H22N2. The van der Waals surface area contributed by atoms with Crippen molar-refractivity contribution in [3.05, 3.63) is 29.3 Å². The number of rotatable bonds is 2. The molecule has 2 heterocycles. The fourth-order valence-corrected chi connectivity index (χ4v) is 3.43. The van der Waals surface area contributed by atoms with Gasteiger partial charge in [0.1, 0.15) is 0 Å². The van der Waals surface area contributed by atoms with Crippen LogP contribution >= 0.6 is 0 Å². The predicted molar refractivity (Wildman–Crippen MR) is 72.5 cm³/mol. The number of hydrogen-bond donors (Lipinski definition) is 1. The average molecular weight is 230 g/mol. The lowest BCUT2D eigenvalue weighted by molar-refractivity contribution is 0.318. The second-order valence-corrected chi connectivity index (χ2v) is 5.60. The van der Waals surface area contributed by atoms with E-state index in [1.807, 2.05) is 0 Å². The zero-order valence-corrected chi connectivity index (χ0v) is 10.9. The van der Waals surface area contributed by atoms with E-state index < -0.39 is 0 Å². The van der Waals surface area contributed by atoms with Gasteiger partial charge in [0, 0.05) is 24.3 Å². The van der Waals surface area contributed by atoms with Crippen LogP contribution in [0.1, 0.15) is 30.4 Å². The van der Waals surface area contributed by atoms with E-state index in [9.17, 15) is 0 Å². The molecule has 1 aromatic carbocycles. The number of hydrogen-bond acceptors (Lipinski definition) is 2. The zero-order chi connectivity index (χ0) is 11.8. The highest BCUT2D eigenvalue weighted by Crippen LogP contribution is 2.30. The van der Waals surface area contributed by atoms with Gasteiger partial charge in [-0.05, 0) is 51.3 Å². The molecule has 0 bridgehead atoms. The van der Waals surface area contributed by atoms with E-state index in [4.69, 9.17) is 0 Å². The molecule has 0 amide bonds. The third-order valence-electron chi connectivity index (χ3n) is 4.33. The van der Waals surface area contributed by atoms with E-state index in [1.54, 1.807) is 0 Å². The van der Waals surface area contributed by atoms with Crippen molar-refractivity contribution in [1.82, 2.24) is 4.90 Å². The molecule has 2 aliphatic rings. The summed E-state index contributed by atoms with van der Waals surface area (Å²) in [7, 11) is 0. The SMILES string of the molecule is Cc1ccc(NC2CCN3CCCC23)c(C)c1. The Labute approximate surface area is 104 Å². The van der Waals surface area contributed by atoms with Crippen molar-refractivity contribution in [3.8, 4) is 0 Å². The highest BCUT2D eigenvalue weighted by atomic mass is 15.2. The number of anilines is 1. The molecule has 2 unspecified atom stereocenters.